The lowest BCUT2D eigenvalue weighted by molar-refractivity contribution is -0.159. The van der Waals surface area contributed by atoms with Gasteiger partial charge in [0.2, 0.25) is 0 Å². The van der Waals surface area contributed by atoms with Gasteiger partial charge in [-0.25, -0.2) is 4.79 Å². The van der Waals surface area contributed by atoms with Gasteiger partial charge in [0.05, 0.1) is 0 Å². The van der Waals surface area contributed by atoms with Crippen molar-refractivity contribution in [3.8, 4) is 0 Å². The molecule has 27 heavy (non-hydrogen) atoms. The highest BCUT2D eigenvalue weighted by Gasteiger charge is 2.46. The molecule has 1 aliphatic rings. The Bertz CT molecular complexity index is 675. The summed E-state index contributed by atoms with van der Waals surface area (Å²) in [5.41, 5.74) is -0.824. The average molecular weight is 377 g/mol. The van der Waals surface area contributed by atoms with Crippen LogP contribution in [0.3, 0.4) is 0 Å². The Morgan fingerprint density at radius 1 is 1.11 bits per heavy atom. The van der Waals surface area contributed by atoms with Gasteiger partial charge in [-0.15, -0.1) is 0 Å². The fourth-order valence-corrected chi connectivity index (χ4v) is 2.79. The molecule has 0 heterocycles. The molecule has 7 nitrogen and oxygen atoms in total. The van der Waals surface area contributed by atoms with Crippen LogP contribution in [-0.4, -0.2) is 46.7 Å². The van der Waals surface area contributed by atoms with E-state index in [9.17, 15) is 19.5 Å². The number of hydrogen-bond donors (Lipinski definition) is 1. The van der Waals surface area contributed by atoms with E-state index in [-0.39, 0.29) is 19.8 Å². The first-order chi connectivity index (χ1) is 12.6. The number of carboxylic acid groups (broad SMARTS) is 1. The first-order valence-electron chi connectivity index (χ1n) is 9.01. The molecule has 1 aromatic rings. The third kappa shape index (κ3) is 5.45. The first kappa shape index (κ1) is 20.7. The number of amides is 1. The molecule has 0 aromatic heterocycles. The molecule has 1 amide bonds. The van der Waals surface area contributed by atoms with E-state index >= 15 is 0 Å². The fraction of sp³-hybridized carbons (Fsp3) is 0.550. The Hall–Kier alpha value is -2.57. The standard InChI is InChI=1S/C20H27NO6/c1-19(2,3)21(12-16(22)26-13-15-8-5-4-6-9-15)18(25)27-14-20(17(23)24)10-7-11-20/h4-6,8-9H,7,10-14H2,1-3H3,(H,23,24). The quantitative estimate of drug-likeness (QED) is 0.734. The molecule has 148 valence electrons. The summed E-state index contributed by atoms with van der Waals surface area (Å²) < 4.78 is 10.5. The molecule has 0 aliphatic heterocycles. The zero-order valence-electron chi connectivity index (χ0n) is 16.1. The molecule has 0 unspecified atom stereocenters. The molecule has 1 aliphatic carbocycles. The number of benzene rings is 1. The third-order valence-corrected chi connectivity index (χ3v) is 4.80. The number of esters is 1. The van der Waals surface area contributed by atoms with E-state index in [1.165, 1.54) is 4.90 Å². The minimum Gasteiger partial charge on any atom is -0.481 e. The summed E-state index contributed by atoms with van der Waals surface area (Å²) in [4.78, 5) is 37.4. The molecular formula is C20H27NO6. The molecule has 0 bridgehead atoms. The molecule has 1 saturated carbocycles. The van der Waals surface area contributed by atoms with Crippen LogP contribution < -0.4 is 0 Å². The van der Waals surface area contributed by atoms with Crippen molar-refractivity contribution in [3.05, 3.63) is 35.9 Å². The highest BCUT2D eigenvalue weighted by atomic mass is 16.6. The summed E-state index contributed by atoms with van der Waals surface area (Å²) in [6.45, 7) is 4.98. The van der Waals surface area contributed by atoms with Gasteiger partial charge in [-0.3, -0.25) is 14.5 Å². The van der Waals surface area contributed by atoms with Gasteiger partial charge in [-0.1, -0.05) is 36.8 Å². The van der Waals surface area contributed by atoms with Crippen molar-refractivity contribution in [1.29, 1.82) is 0 Å². The van der Waals surface area contributed by atoms with Crippen molar-refractivity contribution in [3.63, 3.8) is 0 Å². The summed E-state index contributed by atoms with van der Waals surface area (Å²) in [5.74, 6) is -1.51. The molecule has 1 aromatic carbocycles. The number of carbonyl (C=O) groups is 3. The number of aliphatic carboxylic acids is 1. The van der Waals surface area contributed by atoms with Gasteiger partial charge in [-0.2, -0.15) is 0 Å². The van der Waals surface area contributed by atoms with Crippen LogP contribution in [0.25, 0.3) is 0 Å². The largest absolute Gasteiger partial charge is 0.481 e. The van der Waals surface area contributed by atoms with Crippen molar-refractivity contribution in [1.82, 2.24) is 4.90 Å². The number of carbonyl (C=O) groups excluding carboxylic acids is 2. The van der Waals surface area contributed by atoms with E-state index in [1.807, 2.05) is 30.3 Å². The van der Waals surface area contributed by atoms with Crippen LogP contribution in [0.15, 0.2) is 30.3 Å². The van der Waals surface area contributed by atoms with Gasteiger partial charge in [0.15, 0.2) is 0 Å². The highest BCUT2D eigenvalue weighted by molar-refractivity contribution is 5.79. The van der Waals surface area contributed by atoms with Crippen LogP contribution in [0, 0.1) is 5.41 Å². The summed E-state index contributed by atoms with van der Waals surface area (Å²) in [6, 6.07) is 9.25. The van der Waals surface area contributed by atoms with Crippen molar-refractivity contribution in [2.24, 2.45) is 5.41 Å². The molecule has 0 atom stereocenters. The van der Waals surface area contributed by atoms with E-state index < -0.39 is 29.0 Å². The molecule has 1 N–H and O–H groups in total. The van der Waals surface area contributed by atoms with Crippen molar-refractivity contribution >= 4 is 18.0 Å². The second kappa shape index (κ2) is 8.41. The van der Waals surface area contributed by atoms with Crippen LogP contribution in [0.4, 0.5) is 4.79 Å². The smallest absolute Gasteiger partial charge is 0.410 e. The molecule has 0 spiro atoms. The maximum atomic E-state index is 12.5. The van der Waals surface area contributed by atoms with Crippen LogP contribution >= 0.6 is 0 Å². The SMILES string of the molecule is CC(C)(C)N(CC(=O)OCc1ccccc1)C(=O)OCC1(C(=O)O)CCC1. The van der Waals surface area contributed by atoms with Crippen LogP contribution in [0.1, 0.15) is 45.6 Å². The summed E-state index contributed by atoms with van der Waals surface area (Å²) in [5, 5.41) is 9.34. The zero-order valence-corrected chi connectivity index (χ0v) is 16.1. The van der Waals surface area contributed by atoms with Gasteiger partial charge in [0.1, 0.15) is 25.2 Å². The lowest BCUT2D eigenvalue weighted by Crippen LogP contribution is -2.50. The van der Waals surface area contributed by atoms with Crippen molar-refractivity contribution in [2.75, 3.05) is 13.2 Å². The van der Waals surface area contributed by atoms with E-state index in [0.29, 0.717) is 12.8 Å². The number of hydrogen-bond acceptors (Lipinski definition) is 5. The maximum Gasteiger partial charge on any atom is 0.410 e. The molecule has 1 fully saturated rings. The fourth-order valence-electron chi connectivity index (χ4n) is 2.79. The highest BCUT2D eigenvalue weighted by Crippen LogP contribution is 2.41. The van der Waals surface area contributed by atoms with Gasteiger partial charge in [0, 0.05) is 5.54 Å². The van der Waals surface area contributed by atoms with Crippen LogP contribution in [0.5, 0.6) is 0 Å². The molecule has 7 heteroatoms. The van der Waals surface area contributed by atoms with Gasteiger partial charge in [0.25, 0.3) is 0 Å². The van der Waals surface area contributed by atoms with E-state index in [0.717, 1.165) is 12.0 Å². The van der Waals surface area contributed by atoms with Crippen LogP contribution in [0.2, 0.25) is 0 Å². The molecule has 2 rings (SSSR count). The van der Waals surface area contributed by atoms with Crippen LogP contribution in [-0.2, 0) is 25.7 Å². The number of carboxylic acids is 1. The Balaban J connectivity index is 1.92. The normalized spacial score (nSPS) is 15.4. The summed E-state index contributed by atoms with van der Waals surface area (Å²) >= 11 is 0. The van der Waals surface area contributed by atoms with Gasteiger partial charge in [-0.05, 0) is 39.2 Å². The Labute approximate surface area is 159 Å². The molecule has 0 saturated heterocycles. The minimum atomic E-state index is -0.993. The predicted molar refractivity (Wildman–Crippen MR) is 98.0 cm³/mol. The number of nitrogens with zero attached hydrogens (tertiary/aromatic N) is 1. The van der Waals surface area contributed by atoms with Crippen molar-refractivity contribution < 1.29 is 29.0 Å². The topological polar surface area (TPSA) is 93.1 Å². The Morgan fingerprint density at radius 3 is 2.22 bits per heavy atom. The maximum absolute atomic E-state index is 12.5. The minimum absolute atomic E-state index is 0.120. The summed E-state index contributed by atoms with van der Waals surface area (Å²) in [7, 11) is 0. The monoisotopic (exact) mass is 377 g/mol. The third-order valence-electron chi connectivity index (χ3n) is 4.80. The Kier molecular flexibility index (Phi) is 6.46. The van der Waals surface area contributed by atoms with E-state index in [1.54, 1.807) is 20.8 Å². The average Bonchev–Trinajstić information content (AvgIpc) is 2.56. The summed E-state index contributed by atoms with van der Waals surface area (Å²) in [6.07, 6.45) is 1.07. The zero-order chi connectivity index (χ0) is 20.1. The second-order valence-corrected chi connectivity index (χ2v) is 7.90. The molecular weight excluding hydrogens is 350 g/mol. The van der Waals surface area contributed by atoms with E-state index in [4.69, 9.17) is 9.47 Å². The lowest BCUT2D eigenvalue weighted by atomic mass is 9.69. The Morgan fingerprint density at radius 2 is 1.74 bits per heavy atom. The van der Waals surface area contributed by atoms with E-state index in [2.05, 4.69) is 0 Å². The number of rotatable bonds is 7. The van der Waals surface area contributed by atoms with Gasteiger partial charge < -0.3 is 14.6 Å². The predicted octanol–water partition coefficient (Wildman–Crippen LogP) is 3.22. The van der Waals surface area contributed by atoms with Crippen molar-refractivity contribution in [2.45, 2.75) is 52.2 Å². The molecule has 0 radical (unpaired) electrons. The number of ether oxygens (including phenoxy) is 2. The second-order valence-electron chi connectivity index (χ2n) is 7.90. The van der Waals surface area contributed by atoms with Gasteiger partial charge >= 0.3 is 18.0 Å². The first-order valence-corrected chi connectivity index (χ1v) is 9.01. The lowest BCUT2D eigenvalue weighted by Gasteiger charge is -2.39.